The minimum atomic E-state index is -3.08. The normalized spacial score (nSPS) is 14.2. The summed E-state index contributed by atoms with van der Waals surface area (Å²) < 4.78 is 31.8. The summed E-state index contributed by atoms with van der Waals surface area (Å²) in [6, 6.07) is 5.96. The van der Waals surface area contributed by atoms with Gasteiger partial charge in [-0.25, -0.2) is 13.1 Å². The summed E-state index contributed by atoms with van der Waals surface area (Å²) in [6.45, 7) is 4.19. The molecule has 2 rings (SSSR count). The summed E-state index contributed by atoms with van der Waals surface area (Å²) in [4.78, 5) is 0. The first-order valence-corrected chi connectivity index (χ1v) is 9.74. The van der Waals surface area contributed by atoms with Crippen molar-refractivity contribution in [2.75, 3.05) is 32.0 Å². The van der Waals surface area contributed by atoms with E-state index in [0.717, 1.165) is 35.3 Å². The molecule has 22 heavy (non-hydrogen) atoms. The van der Waals surface area contributed by atoms with E-state index in [0.29, 0.717) is 13.2 Å². The van der Waals surface area contributed by atoms with Gasteiger partial charge in [-0.3, -0.25) is 0 Å². The summed E-state index contributed by atoms with van der Waals surface area (Å²) in [5.74, 6) is 1.03. The van der Waals surface area contributed by atoms with Gasteiger partial charge in [0, 0.05) is 23.1 Å². The molecule has 0 atom stereocenters. The van der Waals surface area contributed by atoms with Crippen LogP contribution in [0.15, 0.2) is 28.2 Å². The predicted octanol–water partition coefficient (Wildman–Crippen LogP) is 2.14. The highest BCUT2D eigenvalue weighted by atomic mass is 79.9. The number of rotatable bonds is 8. The molecular formula is C15H21BrN2O3S. The van der Waals surface area contributed by atoms with E-state index < -0.39 is 10.0 Å². The number of halogens is 1. The molecule has 0 amide bonds. The van der Waals surface area contributed by atoms with Crippen molar-refractivity contribution in [3.8, 4) is 5.75 Å². The lowest BCUT2D eigenvalue weighted by Gasteiger charge is -2.18. The fourth-order valence-electron chi connectivity index (χ4n) is 2.09. The van der Waals surface area contributed by atoms with Gasteiger partial charge in [0.15, 0.2) is 0 Å². The number of benzene rings is 1. The van der Waals surface area contributed by atoms with Crippen LogP contribution in [0.1, 0.15) is 18.9 Å². The van der Waals surface area contributed by atoms with Crippen molar-refractivity contribution < 1.29 is 13.2 Å². The van der Waals surface area contributed by atoms with Gasteiger partial charge >= 0.3 is 0 Å². The van der Waals surface area contributed by atoms with Crippen molar-refractivity contribution >= 4 is 32.0 Å². The quantitative estimate of drug-likeness (QED) is 0.669. The maximum atomic E-state index is 11.3. The van der Waals surface area contributed by atoms with Crippen LogP contribution in [-0.4, -0.2) is 40.4 Å². The van der Waals surface area contributed by atoms with Gasteiger partial charge in [0.05, 0.1) is 5.75 Å². The standard InChI is InChI=1S/C15H21BrN2O3S/c1-2-22(19,20)18-7-3-6-17-10-12-8-13-9-14(16)4-5-15(13)21-11-12/h4-5,8-9,17-18H,2-3,6-7,10-11H2,1H3. The van der Waals surface area contributed by atoms with Crippen LogP contribution in [0.2, 0.25) is 0 Å². The first-order chi connectivity index (χ1) is 10.5. The van der Waals surface area contributed by atoms with Gasteiger partial charge in [0.25, 0.3) is 0 Å². The van der Waals surface area contributed by atoms with E-state index in [9.17, 15) is 8.42 Å². The van der Waals surface area contributed by atoms with Gasteiger partial charge in [-0.05, 0) is 49.7 Å². The largest absolute Gasteiger partial charge is 0.489 e. The van der Waals surface area contributed by atoms with Crippen LogP contribution >= 0.6 is 15.9 Å². The van der Waals surface area contributed by atoms with Crippen LogP contribution in [0, 0.1) is 0 Å². The highest BCUT2D eigenvalue weighted by Gasteiger charge is 2.11. The van der Waals surface area contributed by atoms with E-state index in [1.54, 1.807) is 6.92 Å². The summed E-state index contributed by atoms with van der Waals surface area (Å²) in [6.07, 6.45) is 2.89. The Balaban J connectivity index is 1.72. The summed E-state index contributed by atoms with van der Waals surface area (Å²) in [5.41, 5.74) is 2.26. The van der Waals surface area contributed by atoms with Crippen LogP contribution in [-0.2, 0) is 10.0 Å². The molecule has 7 heteroatoms. The zero-order valence-electron chi connectivity index (χ0n) is 12.6. The minimum Gasteiger partial charge on any atom is -0.489 e. The number of sulfonamides is 1. The van der Waals surface area contributed by atoms with Gasteiger partial charge in [-0.15, -0.1) is 0 Å². The predicted molar refractivity (Wildman–Crippen MR) is 92.6 cm³/mol. The maximum absolute atomic E-state index is 11.3. The second kappa shape index (κ2) is 8.10. The van der Waals surface area contributed by atoms with Crippen LogP contribution < -0.4 is 14.8 Å². The number of ether oxygens (including phenoxy) is 1. The number of nitrogens with one attached hydrogen (secondary N) is 2. The van der Waals surface area contributed by atoms with Crippen molar-refractivity contribution in [2.45, 2.75) is 13.3 Å². The van der Waals surface area contributed by atoms with Crippen LogP contribution in [0.5, 0.6) is 5.75 Å². The van der Waals surface area contributed by atoms with Gasteiger partial charge in [0.1, 0.15) is 12.4 Å². The Morgan fingerprint density at radius 3 is 2.91 bits per heavy atom. The summed E-state index contributed by atoms with van der Waals surface area (Å²) in [5, 5.41) is 3.31. The molecule has 0 saturated carbocycles. The molecule has 1 heterocycles. The topological polar surface area (TPSA) is 67.4 Å². The number of hydrogen-bond donors (Lipinski definition) is 2. The highest BCUT2D eigenvalue weighted by Crippen LogP contribution is 2.28. The Morgan fingerprint density at radius 2 is 2.14 bits per heavy atom. The molecule has 2 N–H and O–H groups in total. The SMILES string of the molecule is CCS(=O)(=O)NCCCNCC1=Cc2cc(Br)ccc2OC1. The first-order valence-electron chi connectivity index (χ1n) is 7.30. The van der Waals surface area contributed by atoms with E-state index in [4.69, 9.17) is 4.74 Å². The molecule has 122 valence electrons. The summed E-state index contributed by atoms with van der Waals surface area (Å²) in [7, 11) is -3.08. The molecule has 0 fully saturated rings. The van der Waals surface area contributed by atoms with Gasteiger partial charge in [-0.2, -0.15) is 0 Å². The first kappa shape index (κ1) is 17.5. The van der Waals surface area contributed by atoms with Gasteiger partial charge < -0.3 is 10.1 Å². The van der Waals surface area contributed by atoms with Crippen molar-refractivity contribution in [2.24, 2.45) is 0 Å². The molecule has 0 spiro atoms. The van der Waals surface area contributed by atoms with Crippen LogP contribution in [0.4, 0.5) is 0 Å². The maximum Gasteiger partial charge on any atom is 0.211 e. The lowest BCUT2D eigenvalue weighted by Crippen LogP contribution is -2.29. The zero-order valence-corrected chi connectivity index (χ0v) is 15.0. The fourth-order valence-corrected chi connectivity index (χ4v) is 3.13. The molecule has 5 nitrogen and oxygen atoms in total. The third-order valence-electron chi connectivity index (χ3n) is 3.33. The van der Waals surface area contributed by atoms with E-state index in [1.165, 1.54) is 5.57 Å². The fraction of sp³-hybridized carbons (Fsp3) is 0.467. The molecule has 0 aliphatic carbocycles. The van der Waals surface area contributed by atoms with Crippen LogP contribution in [0.25, 0.3) is 6.08 Å². The Bertz CT molecular complexity index is 644. The second-order valence-corrected chi connectivity index (χ2v) is 8.11. The van der Waals surface area contributed by atoms with Crippen molar-refractivity contribution in [1.29, 1.82) is 0 Å². The Kier molecular flexibility index (Phi) is 6.43. The lowest BCUT2D eigenvalue weighted by atomic mass is 10.1. The van der Waals surface area contributed by atoms with Crippen molar-refractivity contribution in [3.63, 3.8) is 0 Å². The van der Waals surface area contributed by atoms with Gasteiger partial charge in [-0.1, -0.05) is 15.9 Å². The number of fused-ring (bicyclic) bond motifs is 1. The molecule has 0 bridgehead atoms. The smallest absolute Gasteiger partial charge is 0.211 e. The highest BCUT2D eigenvalue weighted by molar-refractivity contribution is 9.10. The molecule has 0 unspecified atom stereocenters. The van der Waals surface area contributed by atoms with Crippen molar-refractivity contribution in [3.05, 3.63) is 33.8 Å². The average Bonchev–Trinajstić information content (AvgIpc) is 2.50. The Labute approximate surface area is 140 Å². The summed E-state index contributed by atoms with van der Waals surface area (Å²) >= 11 is 3.46. The third-order valence-corrected chi connectivity index (χ3v) is 5.23. The average molecular weight is 389 g/mol. The van der Waals surface area contributed by atoms with E-state index in [1.807, 2.05) is 18.2 Å². The molecule has 1 aliphatic rings. The minimum absolute atomic E-state index is 0.125. The monoisotopic (exact) mass is 388 g/mol. The van der Waals surface area contributed by atoms with Crippen molar-refractivity contribution in [1.82, 2.24) is 10.0 Å². The van der Waals surface area contributed by atoms with E-state index >= 15 is 0 Å². The molecule has 0 aromatic heterocycles. The molecule has 1 aromatic rings. The van der Waals surface area contributed by atoms with Crippen LogP contribution in [0.3, 0.4) is 0 Å². The molecule has 0 radical (unpaired) electrons. The Morgan fingerprint density at radius 1 is 1.32 bits per heavy atom. The van der Waals surface area contributed by atoms with Gasteiger partial charge in [0.2, 0.25) is 10.0 Å². The second-order valence-electron chi connectivity index (χ2n) is 5.10. The third kappa shape index (κ3) is 5.39. The number of hydrogen-bond acceptors (Lipinski definition) is 4. The van der Waals surface area contributed by atoms with E-state index in [-0.39, 0.29) is 5.75 Å². The molecule has 0 saturated heterocycles. The Hall–Kier alpha value is -0.890. The molecule has 1 aliphatic heterocycles. The van der Waals surface area contributed by atoms with E-state index in [2.05, 4.69) is 32.0 Å². The molecular weight excluding hydrogens is 368 g/mol. The molecule has 1 aromatic carbocycles. The lowest BCUT2D eigenvalue weighted by molar-refractivity contribution is 0.343. The zero-order chi connectivity index (χ0) is 16.0.